The maximum Gasteiger partial charge on any atom is 0.251 e. The van der Waals surface area contributed by atoms with E-state index in [1.54, 1.807) is 30.3 Å². The monoisotopic (exact) mass is 395 g/mol. The van der Waals surface area contributed by atoms with Gasteiger partial charge in [-0.2, -0.15) is 0 Å². The van der Waals surface area contributed by atoms with E-state index in [9.17, 15) is 9.18 Å². The molecule has 0 aliphatic heterocycles. The highest BCUT2D eigenvalue weighted by molar-refractivity contribution is 5.95. The van der Waals surface area contributed by atoms with Gasteiger partial charge >= 0.3 is 0 Å². The van der Waals surface area contributed by atoms with Crippen molar-refractivity contribution < 1.29 is 18.7 Å². The number of amides is 1. The van der Waals surface area contributed by atoms with E-state index in [-0.39, 0.29) is 11.7 Å². The van der Waals surface area contributed by atoms with Crippen molar-refractivity contribution in [1.29, 1.82) is 0 Å². The summed E-state index contributed by atoms with van der Waals surface area (Å²) in [7, 11) is 0. The predicted octanol–water partition coefficient (Wildman–Crippen LogP) is 4.23. The lowest BCUT2D eigenvalue weighted by Crippen LogP contribution is -2.25. The van der Waals surface area contributed by atoms with Crippen molar-refractivity contribution in [3.8, 4) is 22.9 Å². The SMILES string of the molecule is CCOCCCNC(=O)c1cccc(-c2ccc(Oc3ccc(F)cc3)nn2)c1. The van der Waals surface area contributed by atoms with Gasteiger partial charge in [-0.25, -0.2) is 4.39 Å². The number of carbonyl (C=O) groups is 1. The number of hydrogen-bond acceptors (Lipinski definition) is 5. The summed E-state index contributed by atoms with van der Waals surface area (Å²) in [6.45, 7) is 3.79. The summed E-state index contributed by atoms with van der Waals surface area (Å²) in [5, 5.41) is 11.1. The van der Waals surface area contributed by atoms with Crippen LogP contribution in [0.3, 0.4) is 0 Å². The highest BCUT2D eigenvalue weighted by atomic mass is 19.1. The zero-order chi connectivity index (χ0) is 20.5. The Morgan fingerprint density at radius 1 is 1.07 bits per heavy atom. The van der Waals surface area contributed by atoms with Crippen LogP contribution in [0, 0.1) is 5.82 Å². The minimum absolute atomic E-state index is 0.146. The van der Waals surface area contributed by atoms with Crippen LogP contribution < -0.4 is 10.1 Å². The van der Waals surface area contributed by atoms with E-state index in [1.807, 2.05) is 13.0 Å². The molecule has 0 atom stereocenters. The van der Waals surface area contributed by atoms with Gasteiger partial charge in [-0.15, -0.1) is 10.2 Å². The van der Waals surface area contributed by atoms with Gasteiger partial charge in [-0.3, -0.25) is 4.79 Å². The van der Waals surface area contributed by atoms with E-state index < -0.39 is 0 Å². The van der Waals surface area contributed by atoms with Gasteiger partial charge in [0.05, 0.1) is 5.69 Å². The molecule has 2 aromatic carbocycles. The summed E-state index contributed by atoms with van der Waals surface area (Å²) in [6.07, 6.45) is 0.764. The van der Waals surface area contributed by atoms with Crippen molar-refractivity contribution in [3.63, 3.8) is 0 Å². The first kappa shape index (κ1) is 20.4. The van der Waals surface area contributed by atoms with Crippen LogP contribution in [-0.4, -0.2) is 35.9 Å². The number of hydrogen-bond donors (Lipinski definition) is 1. The number of halogens is 1. The Morgan fingerprint density at radius 3 is 2.62 bits per heavy atom. The molecular formula is C22H22FN3O3. The first-order valence-electron chi connectivity index (χ1n) is 9.39. The van der Waals surface area contributed by atoms with Gasteiger partial charge in [-0.05, 0) is 55.8 Å². The Kier molecular flexibility index (Phi) is 7.24. The lowest BCUT2D eigenvalue weighted by Gasteiger charge is -2.08. The van der Waals surface area contributed by atoms with E-state index in [2.05, 4.69) is 15.5 Å². The Morgan fingerprint density at radius 2 is 1.90 bits per heavy atom. The number of nitrogens with one attached hydrogen (secondary N) is 1. The molecular weight excluding hydrogens is 373 g/mol. The quantitative estimate of drug-likeness (QED) is 0.549. The third-order valence-electron chi connectivity index (χ3n) is 4.05. The van der Waals surface area contributed by atoms with E-state index in [4.69, 9.17) is 9.47 Å². The molecule has 1 aromatic heterocycles. The molecule has 0 fully saturated rings. The lowest BCUT2D eigenvalue weighted by molar-refractivity contribution is 0.0944. The van der Waals surface area contributed by atoms with Gasteiger partial charge in [0, 0.05) is 37.0 Å². The van der Waals surface area contributed by atoms with Gasteiger partial charge in [0.2, 0.25) is 5.88 Å². The average molecular weight is 395 g/mol. The fourth-order valence-corrected chi connectivity index (χ4v) is 2.59. The minimum Gasteiger partial charge on any atom is -0.438 e. The van der Waals surface area contributed by atoms with Crippen LogP contribution in [0.15, 0.2) is 60.7 Å². The molecule has 150 valence electrons. The number of carbonyl (C=O) groups excluding carboxylic acids is 1. The number of ether oxygens (including phenoxy) is 2. The maximum absolute atomic E-state index is 13.0. The van der Waals surface area contributed by atoms with Crippen molar-refractivity contribution in [2.75, 3.05) is 19.8 Å². The Labute approximate surface area is 168 Å². The average Bonchev–Trinajstić information content (AvgIpc) is 2.76. The normalized spacial score (nSPS) is 10.6. The summed E-state index contributed by atoms with van der Waals surface area (Å²) in [5.41, 5.74) is 1.93. The summed E-state index contributed by atoms with van der Waals surface area (Å²) in [6, 6.07) is 16.3. The highest BCUT2D eigenvalue weighted by Gasteiger charge is 2.08. The van der Waals surface area contributed by atoms with E-state index in [0.717, 1.165) is 12.0 Å². The topological polar surface area (TPSA) is 73.3 Å². The summed E-state index contributed by atoms with van der Waals surface area (Å²) in [4.78, 5) is 12.3. The number of rotatable bonds is 9. The molecule has 3 aromatic rings. The molecule has 0 aliphatic carbocycles. The van der Waals surface area contributed by atoms with Gasteiger partial charge in [0.25, 0.3) is 5.91 Å². The molecule has 1 N–H and O–H groups in total. The smallest absolute Gasteiger partial charge is 0.251 e. The molecule has 0 saturated carbocycles. The lowest BCUT2D eigenvalue weighted by atomic mass is 10.1. The van der Waals surface area contributed by atoms with Crippen molar-refractivity contribution in [2.24, 2.45) is 0 Å². The zero-order valence-electron chi connectivity index (χ0n) is 16.1. The van der Waals surface area contributed by atoms with Crippen LogP contribution in [0.25, 0.3) is 11.3 Å². The third kappa shape index (κ3) is 6.08. The van der Waals surface area contributed by atoms with Crippen molar-refractivity contribution in [2.45, 2.75) is 13.3 Å². The standard InChI is InChI=1S/C22H22FN3O3/c1-2-28-14-4-13-24-22(27)17-6-3-5-16(15-17)20-11-12-21(26-25-20)29-19-9-7-18(23)8-10-19/h3,5-12,15H,2,4,13-14H2,1H3,(H,24,27). The Hall–Kier alpha value is -3.32. The molecule has 0 aliphatic rings. The van der Waals surface area contributed by atoms with E-state index in [0.29, 0.717) is 42.6 Å². The maximum atomic E-state index is 13.0. The van der Waals surface area contributed by atoms with Crippen LogP contribution in [0.2, 0.25) is 0 Å². The summed E-state index contributed by atoms with van der Waals surface area (Å²) in [5.74, 6) is 0.282. The molecule has 0 saturated heterocycles. The van der Waals surface area contributed by atoms with Gasteiger partial charge < -0.3 is 14.8 Å². The Bertz CT molecular complexity index is 931. The van der Waals surface area contributed by atoms with Crippen molar-refractivity contribution in [1.82, 2.24) is 15.5 Å². The van der Waals surface area contributed by atoms with E-state index in [1.165, 1.54) is 24.3 Å². The minimum atomic E-state index is -0.336. The molecule has 1 amide bonds. The number of aromatic nitrogens is 2. The number of nitrogens with zero attached hydrogens (tertiary/aromatic N) is 2. The van der Waals surface area contributed by atoms with Crippen LogP contribution in [0.1, 0.15) is 23.7 Å². The predicted molar refractivity (Wildman–Crippen MR) is 107 cm³/mol. The van der Waals surface area contributed by atoms with Gasteiger partial charge in [0.15, 0.2) is 0 Å². The molecule has 3 rings (SSSR count). The molecule has 29 heavy (non-hydrogen) atoms. The molecule has 6 nitrogen and oxygen atoms in total. The second kappa shape index (κ2) is 10.3. The van der Waals surface area contributed by atoms with Gasteiger partial charge in [0.1, 0.15) is 11.6 Å². The molecule has 0 spiro atoms. The first-order chi connectivity index (χ1) is 14.2. The third-order valence-corrected chi connectivity index (χ3v) is 4.05. The second-order valence-electron chi connectivity index (χ2n) is 6.20. The zero-order valence-corrected chi connectivity index (χ0v) is 16.1. The highest BCUT2D eigenvalue weighted by Crippen LogP contribution is 2.22. The molecule has 7 heteroatoms. The fourth-order valence-electron chi connectivity index (χ4n) is 2.59. The fraction of sp³-hybridized carbons (Fsp3) is 0.227. The van der Waals surface area contributed by atoms with Gasteiger partial charge in [-0.1, -0.05) is 12.1 Å². The van der Waals surface area contributed by atoms with Crippen LogP contribution in [0.5, 0.6) is 11.6 Å². The molecule has 0 bridgehead atoms. The first-order valence-corrected chi connectivity index (χ1v) is 9.39. The molecule has 0 unspecified atom stereocenters. The van der Waals surface area contributed by atoms with Crippen LogP contribution in [0.4, 0.5) is 4.39 Å². The van der Waals surface area contributed by atoms with E-state index >= 15 is 0 Å². The molecule has 1 heterocycles. The Balaban J connectivity index is 1.62. The van der Waals surface area contributed by atoms with Crippen molar-refractivity contribution in [3.05, 3.63) is 72.0 Å². The van der Waals surface area contributed by atoms with Crippen LogP contribution in [-0.2, 0) is 4.74 Å². The molecule has 0 radical (unpaired) electrons. The summed E-state index contributed by atoms with van der Waals surface area (Å²) < 4.78 is 23.8. The summed E-state index contributed by atoms with van der Waals surface area (Å²) >= 11 is 0. The largest absolute Gasteiger partial charge is 0.438 e. The van der Waals surface area contributed by atoms with Crippen molar-refractivity contribution >= 4 is 5.91 Å². The van der Waals surface area contributed by atoms with Crippen LogP contribution >= 0.6 is 0 Å². The second-order valence-corrected chi connectivity index (χ2v) is 6.20. The number of benzene rings is 2.